The highest BCUT2D eigenvalue weighted by Gasteiger charge is 2.45. The predicted molar refractivity (Wildman–Crippen MR) is 87.4 cm³/mol. The van der Waals surface area contributed by atoms with E-state index in [2.05, 4.69) is 44.6 Å². The monoisotopic (exact) mass is 353 g/mol. The average Bonchev–Trinajstić information content (AvgIpc) is 3.12. The predicted octanol–water partition coefficient (Wildman–Crippen LogP) is 2.73. The molecule has 116 valence electrons. The minimum Gasteiger partial charge on any atom is -0.342 e. The molecule has 0 saturated carbocycles. The zero-order valence-corrected chi connectivity index (χ0v) is 14.4. The Labute approximate surface area is 135 Å². The molecule has 0 aromatic carbocycles. The molecule has 1 N–H and O–H groups in total. The van der Waals surface area contributed by atoms with E-state index in [1.807, 2.05) is 12.3 Å². The van der Waals surface area contributed by atoms with Crippen molar-refractivity contribution in [3.05, 3.63) is 22.4 Å². The summed E-state index contributed by atoms with van der Waals surface area (Å²) in [5.74, 6) is 1.48. The quantitative estimate of drug-likeness (QED) is 0.903. The molecule has 21 heavy (non-hydrogen) atoms. The lowest BCUT2D eigenvalue weighted by Gasteiger charge is -2.27. The molecule has 2 aliphatic heterocycles. The van der Waals surface area contributed by atoms with Gasteiger partial charge in [0.15, 0.2) is 0 Å². The zero-order chi connectivity index (χ0) is 15.0. The second-order valence-electron chi connectivity index (χ2n) is 6.25. The van der Waals surface area contributed by atoms with Crippen molar-refractivity contribution >= 4 is 21.8 Å². The first-order chi connectivity index (χ1) is 10.2. The van der Waals surface area contributed by atoms with Crippen LogP contribution in [0.5, 0.6) is 0 Å². The van der Waals surface area contributed by atoms with Crippen molar-refractivity contribution in [1.29, 1.82) is 0 Å². The third-order valence-electron chi connectivity index (χ3n) is 4.94. The summed E-state index contributed by atoms with van der Waals surface area (Å²) in [5.41, 5.74) is 0.829. The highest BCUT2D eigenvalue weighted by atomic mass is 79.9. The first kappa shape index (κ1) is 15.1. The van der Waals surface area contributed by atoms with Crippen LogP contribution in [0, 0.1) is 11.8 Å². The summed E-state index contributed by atoms with van der Waals surface area (Å²) in [7, 11) is 0. The van der Waals surface area contributed by atoms with Crippen molar-refractivity contribution in [2.24, 2.45) is 11.8 Å². The van der Waals surface area contributed by atoms with Gasteiger partial charge in [-0.2, -0.15) is 0 Å². The van der Waals surface area contributed by atoms with Crippen molar-refractivity contribution in [2.75, 3.05) is 19.6 Å². The molecule has 4 nitrogen and oxygen atoms in total. The summed E-state index contributed by atoms with van der Waals surface area (Å²) in [6, 6.07) is 2.36. The van der Waals surface area contributed by atoms with E-state index in [9.17, 15) is 4.79 Å². The number of carbonyl (C=O) groups is 1. The molecular weight excluding hydrogens is 330 g/mol. The molecule has 3 unspecified atom stereocenters. The third-order valence-corrected chi connectivity index (χ3v) is 5.38. The van der Waals surface area contributed by atoms with Gasteiger partial charge in [0.05, 0.1) is 0 Å². The van der Waals surface area contributed by atoms with Crippen molar-refractivity contribution in [3.8, 4) is 0 Å². The van der Waals surface area contributed by atoms with E-state index in [0.29, 0.717) is 17.9 Å². The van der Waals surface area contributed by atoms with Crippen LogP contribution in [0.3, 0.4) is 0 Å². The number of nitrogens with one attached hydrogen (secondary N) is 1. The fourth-order valence-corrected chi connectivity index (χ4v) is 4.47. The van der Waals surface area contributed by atoms with Crippen LogP contribution in [0.15, 0.2) is 16.7 Å². The molecular formula is C16H24BrN3O. The molecule has 3 atom stereocenters. The Hall–Kier alpha value is -0.810. The number of amides is 1. The number of fused-ring (bicyclic) bond motifs is 1. The summed E-state index contributed by atoms with van der Waals surface area (Å²) < 4.78 is 3.08. The summed E-state index contributed by atoms with van der Waals surface area (Å²) in [5, 5.41) is 3.47. The maximum absolute atomic E-state index is 13.0. The van der Waals surface area contributed by atoms with Gasteiger partial charge in [-0.15, -0.1) is 0 Å². The van der Waals surface area contributed by atoms with Crippen molar-refractivity contribution in [3.63, 3.8) is 0 Å². The lowest BCUT2D eigenvalue weighted by Crippen LogP contribution is -2.40. The molecule has 3 heterocycles. The first-order valence-electron chi connectivity index (χ1n) is 8.03. The minimum absolute atomic E-state index is 0.204. The Balaban J connectivity index is 1.85. The highest BCUT2D eigenvalue weighted by molar-refractivity contribution is 9.10. The third kappa shape index (κ3) is 2.66. The maximum atomic E-state index is 13.0. The Bertz CT molecular complexity index is 528. The molecule has 3 rings (SSSR count). The fraction of sp³-hybridized carbons (Fsp3) is 0.688. The van der Waals surface area contributed by atoms with Gasteiger partial charge >= 0.3 is 0 Å². The van der Waals surface area contributed by atoms with Crippen molar-refractivity contribution in [2.45, 2.75) is 39.3 Å². The Kier molecular flexibility index (Phi) is 4.41. The van der Waals surface area contributed by atoms with Gasteiger partial charge in [0, 0.05) is 42.9 Å². The van der Waals surface area contributed by atoms with Crippen LogP contribution in [0.25, 0.3) is 0 Å². The fourth-order valence-electron chi connectivity index (χ4n) is 4.01. The van der Waals surface area contributed by atoms with Crippen LogP contribution in [-0.4, -0.2) is 41.1 Å². The molecule has 0 radical (unpaired) electrons. The van der Waals surface area contributed by atoms with E-state index in [-0.39, 0.29) is 5.91 Å². The van der Waals surface area contributed by atoms with Gasteiger partial charge in [-0.1, -0.05) is 13.8 Å². The Morgan fingerprint density at radius 1 is 1.43 bits per heavy atom. The number of hydrogen-bond donors (Lipinski definition) is 1. The van der Waals surface area contributed by atoms with E-state index in [0.717, 1.165) is 49.2 Å². The molecule has 0 bridgehead atoms. The standard InChI is InChI=1S/C16H24BrN3O/c1-3-5-19-10-12(17)6-15(19)16(21)20-9-11-7-18-8-13(11)14(20)4-2/h6,10-11,13-14,18H,3-5,7-9H2,1-2H3. The molecule has 1 amide bonds. The van der Waals surface area contributed by atoms with Crippen molar-refractivity contribution in [1.82, 2.24) is 14.8 Å². The van der Waals surface area contributed by atoms with Crippen LogP contribution >= 0.6 is 15.9 Å². The molecule has 5 heteroatoms. The van der Waals surface area contributed by atoms with E-state index < -0.39 is 0 Å². The lowest BCUT2D eigenvalue weighted by atomic mass is 9.93. The van der Waals surface area contributed by atoms with Crippen LogP contribution in [0.4, 0.5) is 0 Å². The number of aromatic nitrogens is 1. The summed E-state index contributed by atoms with van der Waals surface area (Å²) in [4.78, 5) is 15.1. The average molecular weight is 354 g/mol. The maximum Gasteiger partial charge on any atom is 0.270 e. The summed E-state index contributed by atoms with van der Waals surface area (Å²) >= 11 is 3.51. The summed E-state index contributed by atoms with van der Waals surface area (Å²) in [6.07, 6.45) is 4.11. The number of nitrogens with zero attached hydrogens (tertiary/aromatic N) is 2. The topological polar surface area (TPSA) is 37.3 Å². The Morgan fingerprint density at radius 2 is 2.24 bits per heavy atom. The van der Waals surface area contributed by atoms with Crippen LogP contribution < -0.4 is 5.32 Å². The molecule has 0 aliphatic carbocycles. The van der Waals surface area contributed by atoms with Crippen LogP contribution in [-0.2, 0) is 6.54 Å². The number of carbonyl (C=O) groups excluding carboxylic acids is 1. The largest absolute Gasteiger partial charge is 0.342 e. The number of hydrogen-bond acceptors (Lipinski definition) is 2. The van der Waals surface area contributed by atoms with Crippen LogP contribution in [0.1, 0.15) is 37.2 Å². The normalized spacial score (nSPS) is 28.1. The van der Waals surface area contributed by atoms with Gasteiger partial charge < -0.3 is 14.8 Å². The Morgan fingerprint density at radius 3 is 2.95 bits per heavy atom. The highest BCUT2D eigenvalue weighted by Crippen LogP contribution is 2.35. The molecule has 2 saturated heterocycles. The SMILES string of the molecule is CCCn1cc(Br)cc1C(=O)N1CC2CNCC2C1CC. The minimum atomic E-state index is 0.204. The first-order valence-corrected chi connectivity index (χ1v) is 8.82. The van der Waals surface area contributed by atoms with Gasteiger partial charge in [0.25, 0.3) is 5.91 Å². The molecule has 1 aromatic rings. The number of likely N-dealkylation sites (tertiary alicyclic amines) is 1. The second kappa shape index (κ2) is 6.13. The summed E-state index contributed by atoms with van der Waals surface area (Å²) in [6.45, 7) is 8.27. The molecule has 0 spiro atoms. The lowest BCUT2D eigenvalue weighted by molar-refractivity contribution is 0.0700. The zero-order valence-electron chi connectivity index (χ0n) is 12.8. The molecule has 1 aromatic heterocycles. The van der Waals surface area contributed by atoms with Gasteiger partial charge in [0.2, 0.25) is 0 Å². The van der Waals surface area contributed by atoms with E-state index >= 15 is 0 Å². The van der Waals surface area contributed by atoms with Gasteiger partial charge in [-0.05, 0) is 46.7 Å². The molecule has 2 aliphatic rings. The van der Waals surface area contributed by atoms with E-state index in [4.69, 9.17) is 0 Å². The van der Waals surface area contributed by atoms with E-state index in [1.165, 1.54) is 0 Å². The number of rotatable bonds is 4. The van der Waals surface area contributed by atoms with Crippen molar-refractivity contribution < 1.29 is 4.79 Å². The number of halogens is 1. The van der Waals surface area contributed by atoms with Gasteiger partial charge in [0.1, 0.15) is 5.69 Å². The number of aryl methyl sites for hydroxylation is 1. The van der Waals surface area contributed by atoms with E-state index in [1.54, 1.807) is 0 Å². The molecule has 2 fully saturated rings. The van der Waals surface area contributed by atoms with Gasteiger partial charge in [-0.3, -0.25) is 4.79 Å². The van der Waals surface area contributed by atoms with Crippen LogP contribution in [0.2, 0.25) is 0 Å². The van der Waals surface area contributed by atoms with Gasteiger partial charge in [-0.25, -0.2) is 0 Å². The smallest absolute Gasteiger partial charge is 0.270 e. The second-order valence-corrected chi connectivity index (χ2v) is 7.17.